The molecule has 1 aliphatic heterocycles. The Hall–Kier alpha value is -1.43. The van der Waals surface area contributed by atoms with Crippen molar-refractivity contribution in [2.75, 3.05) is 32.8 Å². The van der Waals surface area contributed by atoms with Gasteiger partial charge in [0.1, 0.15) is 6.61 Å². The first kappa shape index (κ1) is 21.9. The normalized spacial score (nSPS) is 24.7. The number of benzene rings is 1. The highest BCUT2D eigenvalue weighted by Crippen LogP contribution is 2.40. The molecule has 1 aliphatic rings. The number of rotatable bonds is 9. The topological polar surface area (TPSA) is 59.0 Å². The molecule has 0 radical (unpaired) electrons. The zero-order chi connectivity index (χ0) is 19.9. The Kier molecular flexibility index (Phi) is 7.83. The summed E-state index contributed by atoms with van der Waals surface area (Å²) in [5, 5.41) is 11.4. The Morgan fingerprint density at radius 1 is 1.26 bits per heavy atom. The van der Waals surface area contributed by atoms with E-state index in [1.54, 1.807) is 0 Å². The van der Waals surface area contributed by atoms with Crippen LogP contribution < -0.4 is 0 Å². The van der Waals surface area contributed by atoms with Crippen molar-refractivity contribution in [3.8, 4) is 0 Å². The van der Waals surface area contributed by atoms with Crippen LogP contribution >= 0.6 is 0 Å². The molecule has 2 atom stereocenters. The van der Waals surface area contributed by atoms with Gasteiger partial charge in [0.25, 0.3) is 0 Å². The molecule has 152 valence electrons. The average molecular weight is 378 g/mol. The zero-order valence-electron chi connectivity index (χ0n) is 17.2. The third kappa shape index (κ3) is 6.59. The molecule has 1 aromatic rings. The molecule has 1 heterocycles. The van der Waals surface area contributed by atoms with Crippen molar-refractivity contribution >= 4 is 5.97 Å². The molecular formula is C22H35NO4. The molecule has 5 nitrogen and oxygen atoms in total. The molecule has 2 rings (SSSR count). The van der Waals surface area contributed by atoms with Gasteiger partial charge in [-0.1, -0.05) is 44.2 Å². The standard InChI is InChI=1S/C22H35NO4/c1-5-23(6-2)12-13-26-20(24)15-22(25)17-21(3,4)27-16-19(22)14-18-10-8-7-9-11-18/h7-11,19,25H,5-6,12-17H2,1-4H3. The molecule has 0 spiro atoms. The lowest BCUT2D eigenvalue weighted by Crippen LogP contribution is -2.54. The van der Waals surface area contributed by atoms with E-state index < -0.39 is 11.2 Å². The van der Waals surface area contributed by atoms with Crippen molar-refractivity contribution in [1.82, 2.24) is 4.90 Å². The van der Waals surface area contributed by atoms with Gasteiger partial charge in [0.05, 0.1) is 24.2 Å². The first-order chi connectivity index (χ1) is 12.8. The summed E-state index contributed by atoms with van der Waals surface area (Å²) in [6.45, 7) is 11.5. The van der Waals surface area contributed by atoms with E-state index in [0.29, 0.717) is 26.1 Å². The summed E-state index contributed by atoms with van der Waals surface area (Å²) in [4.78, 5) is 14.6. The van der Waals surface area contributed by atoms with Crippen molar-refractivity contribution in [1.29, 1.82) is 0 Å². The fourth-order valence-electron chi connectivity index (χ4n) is 3.90. The number of hydrogen-bond donors (Lipinski definition) is 1. The Labute approximate surface area is 163 Å². The molecular weight excluding hydrogens is 342 g/mol. The summed E-state index contributed by atoms with van der Waals surface area (Å²) in [6, 6.07) is 10.0. The predicted octanol–water partition coefficient (Wildman–Crippen LogP) is 3.05. The van der Waals surface area contributed by atoms with Crippen LogP contribution in [0.25, 0.3) is 0 Å². The van der Waals surface area contributed by atoms with Crippen molar-refractivity contribution in [2.45, 2.75) is 58.2 Å². The number of aliphatic hydroxyl groups is 1. The van der Waals surface area contributed by atoms with Gasteiger partial charge in [0.15, 0.2) is 0 Å². The minimum absolute atomic E-state index is 0.00946. The second-order valence-electron chi connectivity index (χ2n) is 8.16. The highest BCUT2D eigenvalue weighted by molar-refractivity contribution is 5.70. The van der Waals surface area contributed by atoms with Gasteiger partial charge in [-0.3, -0.25) is 4.79 Å². The average Bonchev–Trinajstić information content (AvgIpc) is 2.61. The van der Waals surface area contributed by atoms with Crippen LogP contribution in [-0.2, 0) is 20.7 Å². The zero-order valence-corrected chi connectivity index (χ0v) is 17.2. The van der Waals surface area contributed by atoms with Crippen molar-refractivity contribution < 1.29 is 19.4 Å². The van der Waals surface area contributed by atoms with Crippen LogP contribution in [0.2, 0.25) is 0 Å². The van der Waals surface area contributed by atoms with Crippen LogP contribution in [0.5, 0.6) is 0 Å². The summed E-state index contributed by atoms with van der Waals surface area (Å²) >= 11 is 0. The molecule has 1 saturated heterocycles. The molecule has 0 aromatic heterocycles. The molecule has 1 N–H and O–H groups in total. The van der Waals surface area contributed by atoms with Crippen LogP contribution in [0.1, 0.15) is 46.1 Å². The third-order valence-electron chi connectivity index (χ3n) is 5.51. The van der Waals surface area contributed by atoms with Crippen LogP contribution in [-0.4, -0.2) is 60.0 Å². The maximum absolute atomic E-state index is 12.4. The smallest absolute Gasteiger partial charge is 0.308 e. The maximum Gasteiger partial charge on any atom is 0.308 e. The van der Waals surface area contributed by atoms with E-state index in [4.69, 9.17) is 9.47 Å². The van der Waals surface area contributed by atoms with E-state index in [1.165, 1.54) is 0 Å². The molecule has 1 aromatic carbocycles. The summed E-state index contributed by atoms with van der Waals surface area (Å²) in [5.74, 6) is -0.469. The third-order valence-corrected chi connectivity index (χ3v) is 5.51. The second-order valence-corrected chi connectivity index (χ2v) is 8.16. The lowest BCUT2D eigenvalue weighted by Gasteiger charge is -2.46. The SMILES string of the molecule is CCN(CC)CCOC(=O)CC1(O)CC(C)(C)OCC1Cc1ccccc1. The highest BCUT2D eigenvalue weighted by atomic mass is 16.5. The summed E-state index contributed by atoms with van der Waals surface area (Å²) in [5.41, 5.74) is -0.438. The van der Waals surface area contributed by atoms with E-state index in [0.717, 1.165) is 25.2 Å². The Morgan fingerprint density at radius 3 is 2.56 bits per heavy atom. The number of likely N-dealkylation sites (N-methyl/N-ethyl adjacent to an activating group) is 1. The van der Waals surface area contributed by atoms with Gasteiger partial charge in [0.2, 0.25) is 0 Å². The molecule has 0 bridgehead atoms. The molecule has 27 heavy (non-hydrogen) atoms. The largest absolute Gasteiger partial charge is 0.464 e. The monoisotopic (exact) mass is 377 g/mol. The number of carbonyl (C=O) groups excluding carboxylic acids is 1. The van der Waals surface area contributed by atoms with Crippen molar-refractivity contribution in [3.05, 3.63) is 35.9 Å². The summed E-state index contributed by atoms with van der Waals surface area (Å²) in [7, 11) is 0. The summed E-state index contributed by atoms with van der Waals surface area (Å²) in [6.07, 6.45) is 1.11. The van der Waals surface area contributed by atoms with Crippen LogP contribution in [0.4, 0.5) is 0 Å². The van der Waals surface area contributed by atoms with E-state index in [9.17, 15) is 9.90 Å². The molecule has 0 saturated carbocycles. The van der Waals surface area contributed by atoms with Gasteiger partial charge >= 0.3 is 5.97 Å². The van der Waals surface area contributed by atoms with E-state index in [-0.39, 0.29) is 18.3 Å². The number of carbonyl (C=O) groups is 1. The molecule has 0 aliphatic carbocycles. The number of esters is 1. The first-order valence-corrected chi connectivity index (χ1v) is 10.1. The number of ether oxygens (including phenoxy) is 2. The number of nitrogens with zero attached hydrogens (tertiary/aromatic N) is 1. The minimum Gasteiger partial charge on any atom is -0.464 e. The van der Waals surface area contributed by atoms with Gasteiger partial charge < -0.3 is 19.5 Å². The van der Waals surface area contributed by atoms with E-state index in [2.05, 4.69) is 18.7 Å². The fraction of sp³-hybridized carbons (Fsp3) is 0.682. The lowest BCUT2D eigenvalue weighted by molar-refractivity contribution is -0.191. The molecule has 2 unspecified atom stereocenters. The van der Waals surface area contributed by atoms with Crippen molar-refractivity contribution in [3.63, 3.8) is 0 Å². The van der Waals surface area contributed by atoms with Gasteiger partial charge in [-0.25, -0.2) is 0 Å². The van der Waals surface area contributed by atoms with Crippen LogP contribution in [0, 0.1) is 5.92 Å². The maximum atomic E-state index is 12.4. The van der Waals surface area contributed by atoms with E-state index in [1.807, 2.05) is 44.2 Å². The van der Waals surface area contributed by atoms with Crippen LogP contribution in [0.15, 0.2) is 30.3 Å². The van der Waals surface area contributed by atoms with Crippen molar-refractivity contribution in [2.24, 2.45) is 5.92 Å². The van der Waals surface area contributed by atoms with Gasteiger partial charge in [-0.05, 0) is 38.9 Å². The lowest BCUT2D eigenvalue weighted by atomic mass is 9.72. The molecule has 0 amide bonds. The molecule has 5 heteroatoms. The Morgan fingerprint density at radius 2 is 1.93 bits per heavy atom. The molecule has 1 fully saturated rings. The van der Waals surface area contributed by atoms with Gasteiger partial charge in [-0.15, -0.1) is 0 Å². The number of hydrogen-bond acceptors (Lipinski definition) is 5. The van der Waals surface area contributed by atoms with Crippen LogP contribution in [0.3, 0.4) is 0 Å². The predicted molar refractivity (Wildman–Crippen MR) is 107 cm³/mol. The van der Waals surface area contributed by atoms with Gasteiger partial charge in [-0.2, -0.15) is 0 Å². The van der Waals surface area contributed by atoms with Gasteiger partial charge in [0, 0.05) is 18.9 Å². The first-order valence-electron chi connectivity index (χ1n) is 10.1. The highest BCUT2D eigenvalue weighted by Gasteiger charge is 2.47. The quantitative estimate of drug-likeness (QED) is 0.670. The minimum atomic E-state index is -1.12. The Balaban J connectivity index is 2.00. The second kappa shape index (κ2) is 9.67. The summed E-state index contributed by atoms with van der Waals surface area (Å²) < 4.78 is 11.4. The fourth-order valence-corrected chi connectivity index (χ4v) is 3.90. The van der Waals surface area contributed by atoms with E-state index >= 15 is 0 Å². The Bertz CT molecular complexity index is 585.